The minimum absolute atomic E-state index is 0.0270. The average molecular weight is 407 g/mol. The number of halogens is 3. The van der Waals surface area contributed by atoms with Crippen LogP contribution in [-0.2, 0) is 9.53 Å². The number of amides is 1. The van der Waals surface area contributed by atoms with Gasteiger partial charge in [0.15, 0.2) is 0 Å². The van der Waals surface area contributed by atoms with E-state index in [0.717, 1.165) is 4.57 Å². The molecular weight excluding hydrogens is 387 g/mol. The fourth-order valence-electron chi connectivity index (χ4n) is 2.57. The van der Waals surface area contributed by atoms with Gasteiger partial charge in [-0.05, 0) is 5.92 Å². The molecule has 1 aliphatic rings. The van der Waals surface area contributed by atoms with Crippen molar-refractivity contribution in [2.45, 2.75) is 38.0 Å². The van der Waals surface area contributed by atoms with Crippen molar-refractivity contribution in [1.82, 2.24) is 14.9 Å². The van der Waals surface area contributed by atoms with Crippen molar-refractivity contribution in [2.75, 3.05) is 13.2 Å². The fourth-order valence-corrected chi connectivity index (χ4v) is 2.57. The number of alkyl halides is 3. The lowest BCUT2D eigenvalue weighted by molar-refractivity contribution is -0.173. The molecular formula is C16H20F3N3O6. The highest BCUT2D eigenvalue weighted by Gasteiger charge is 2.38. The summed E-state index contributed by atoms with van der Waals surface area (Å²) in [5.41, 5.74) is -1.47. The van der Waals surface area contributed by atoms with E-state index < -0.39 is 54.3 Å². The quantitative estimate of drug-likeness (QED) is 0.503. The van der Waals surface area contributed by atoms with Crippen LogP contribution in [0.5, 0.6) is 0 Å². The Bertz CT molecular complexity index is 847. The number of aromatic nitrogens is 2. The van der Waals surface area contributed by atoms with Crippen LogP contribution in [0.1, 0.15) is 25.1 Å². The highest BCUT2D eigenvalue weighted by molar-refractivity contribution is 5.81. The second kappa shape index (κ2) is 8.71. The number of H-pyrrole nitrogens is 1. The highest BCUT2D eigenvalue weighted by atomic mass is 19.4. The summed E-state index contributed by atoms with van der Waals surface area (Å²) in [7, 11) is 0. The molecule has 0 bridgehead atoms. The van der Waals surface area contributed by atoms with E-state index in [1.165, 1.54) is 25.3 Å². The van der Waals surface area contributed by atoms with Crippen molar-refractivity contribution < 1.29 is 32.9 Å². The maximum absolute atomic E-state index is 12.2. The van der Waals surface area contributed by atoms with Crippen LogP contribution in [0, 0.1) is 5.92 Å². The number of hydrogen-bond donors (Lipinski definition) is 4. The molecule has 9 nitrogen and oxygen atoms in total. The Labute approximate surface area is 156 Å². The Morgan fingerprint density at radius 1 is 1.50 bits per heavy atom. The lowest BCUT2D eigenvalue weighted by Crippen LogP contribution is -2.38. The van der Waals surface area contributed by atoms with Gasteiger partial charge in [-0.2, -0.15) is 13.2 Å². The van der Waals surface area contributed by atoms with Crippen molar-refractivity contribution in [3.63, 3.8) is 0 Å². The zero-order valence-electron chi connectivity index (χ0n) is 14.8. The monoisotopic (exact) mass is 407 g/mol. The molecule has 4 atom stereocenters. The summed E-state index contributed by atoms with van der Waals surface area (Å²) in [6, 6.07) is 0. The predicted octanol–water partition coefficient (Wildman–Crippen LogP) is -0.495. The Hall–Kier alpha value is -2.44. The molecule has 4 N–H and O–H groups in total. The summed E-state index contributed by atoms with van der Waals surface area (Å²) < 4.78 is 42.9. The highest BCUT2D eigenvalue weighted by Crippen LogP contribution is 2.27. The van der Waals surface area contributed by atoms with Gasteiger partial charge >= 0.3 is 17.8 Å². The predicted molar refractivity (Wildman–Crippen MR) is 90.2 cm³/mol. The van der Waals surface area contributed by atoms with Crippen LogP contribution in [0.4, 0.5) is 13.2 Å². The van der Waals surface area contributed by atoms with Crippen molar-refractivity contribution in [2.24, 2.45) is 5.92 Å². The molecule has 0 saturated carbocycles. The molecule has 1 aromatic rings. The molecule has 28 heavy (non-hydrogen) atoms. The molecule has 0 aliphatic carbocycles. The number of rotatable bonds is 6. The maximum atomic E-state index is 12.2. The van der Waals surface area contributed by atoms with Crippen LogP contribution in [0.15, 0.2) is 21.9 Å². The van der Waals surface area contributed by atoms with E-state index in [9.17, 15) is 32.7 Å². The molecule has 2 rings (SSSR count). The molecule has 1 saturated heterocycles. The lowest BCUT2D eigenvalue weighted by atomic mass is 10.1. The molecule has 2 heterocycles. The van der Waals surface area contributed by atoms with Crippen molar-refractivity contribution in [3.8, 4) is 0 Å². The summed E-state index contributed by atoms with van der Waals surface area (Å²) in [5, 5.41) is 20.6. The van der Waals surface area contributed by atoms with Gasteiger partial charge in [0.25, 0.3) is 5.56 Å². The summed E-state index contributed by atoms with van der Waals surface area (Å²) in [6.45, 7) is 0.784. The van der Waals surface area contributed by atoms with Gasteiger partial charge in [-0.15, -0.1) is 0 Å². The number of nitrogens with one attached hydrogen (secondary N) is 2. The van der Waals surface area contributed by atoms with Crippen molar-refractivity contribution in [3.05, 3.63) is 38.7 Å². The summed E-state index contributed by atoms with van der Waals surface area (Å²) in [4.78, 5) is 36.8. The zero-order chi connectivity index (χ0) is 21.1. The largest absolute Gasteiger partial charge is 0.471 e. The van der Waals surface area contributed by atoms with E-state index in [0.29, 0.717) is 0 Å². The normalized spacial score (nSPS) is 23.9. The second-order valence-corrected chi connectivity index (χ2v) is 6.41. The van der Waals surface area contributed by atoms with Crippen molar-refractivity contribution >= 4 is 12.0 Å². The smallest absolute Gasteiger partial charge is 0.394 e. The third-order valence-electron chi connectivity index (χ3n) is 4.14. The van der Waals surface area contributed by atoms with Gasteiger partial charge in [-0.3, -0.25) is 19.1 Å². The van der Waals surface area contributed by atoms with E-state index in [1.54, 1.807) is 5.32 Å². The molecule has 0 aromatic carbocycles. The molecule has 156 valence electrons. The van der Waals surface area contributed by atoms with Gasteiger partial charge in [0.1, 0.15) is 12.3 Å². The van der Waals surface area contributed by atoms with E-state index in [1.807, 2.05) is 0 Å². The van der Waals surface area contributed by atoms with E-state index in [4.69, 9.17) is 9.84 Å². The molecule has 1 aliphatic heterocycles. The van der Waals surface area contributed by atoms with Crippen LogP contribution in [0.3, 0.4) is 0 Å². The van der Waals surface area contributed by atoms with Gasteiger partial charge in [0, 0.05) is 19.2 Å². The lowest BCUT2D eigenvalue weighted by Gasteiger charge is -2.15. The fraction of sp³-hybridized carbons (Fsp3) is 0.562. The number of nitrogens with zero attached hydrogens (tertiary/aromatic N) is 1. The molecule has 0 radical (unpaired) electrons. The standard InChI is InChI=1S/C16H20F3N3O6/c1-8(5-20-14(26)16(17,18)19)2-3-9-6-22(15(27)21-13(9)25)12-4-10(24)11(7-23)28-12/h2-3,6,8,10-12,23-24H,4-5,7H2,1H3,(H,20,26)(H,21,25,27)/b3-2+/t8?,10?,11-,12-/m1/s1. The number of aliphatic hydroxyl groups excluding tert-OH is 2. The number of carbonyl (C=O) groups is 1. The number of aromatic amines is 1. The third kappa shape index (κ3) is 5.30. The van der Waals surface area contributed by atoms with Gasteiger partial charge in [-0.25, -0.2) is 4.79 Å². The summed E-state index contributed by atoms with van der Waals surface area (Å²) >= 11 is 0. The first kappa shape index (κ1) is 21.9. The maximum Gasteiger partial charge on any atom is 0.471 e. The first-order chi connectivity index (χ1) is 13.0. The number of carbonyl (C=O) groups excluding carboxylic acids is 1. The Kier molecular flexibility index (Phi) is 6.80. The molecule has 1 amide bonds. The first-order valence-corrected chi connectivity index (χ1v) is 8.36. The minimum Gasteiger partial charge on any atom is -0.394 e. The Balaban J connectivity index is 2.12. The number of hydrogen-bond acceptors (Lipinski definition) is 6. The molecule has 1 aromatic heterocycles. The zero-order valence-corrected chi connectivity index (χ0v) is 14.8. The van der Waals surface area contributed by atoms with E-state index >= 15 is 0 Å². The van der Waals surface area contributed by atoms with Gasteiger partial charge in [0.05, 0.1) is 18.3 Å². The van der Waals surface area contributed by atoms with Gasteiger partial charge < -0.3 is 20.3 Å². The molecule has 0 spiro atoms. The molecule has 12 heteroatoms. The first-order valence-electron chi connectivity index (χ1n) is 8.36. The summed E-state index contributed by atoms with van der Waals surface area (Å²) in [6.07, 6.45) is -3.80. The van der Waals surface area contributed by atoms with Crippen LogP contribution in [0.2, 0.25) is 0 Å². The Morgan fingerprint density at radius 3 is 2.75 bits per heavy atom. The molecule has 2 unspecified atom stereocenters. The van der Waals surface area contributed by atoms with Gasteiger partial charge in [-0.1, -0.05) is 19.1 Å². The Morgan fingerprint density at radius 2 is 2.18 bits per heavy atom. The van der Waals surface area contributed by atoms with Gasteiger partial charge in [0.2, 0.25) is 0 Å². The second-order valence-electron chi connectivity index (χ2n) is 6.41. The SMILES string of the molecule is CC(/C=C/c1cn([C@H]2CC(O)[C@@H](CO)O2)c(=O)[nH]c1=O)CNC(=O)C(F)(F)F. The number of aliphatic hydroxyl groups is 2. The topological polar surface area (TPSA) is 134 Å². The van der Waals surface area contributed by atoms with Crippen LogP contribution >= 0.6 is 0 Å². The van der Waals surface area contributed by atoms with E-state index in [-0.39, 0.29) is 18.5 Å². The van der Waals surface area contributed by atoms with Crippen LogP contribution < -0.4 is 16.6 Å². The average Bonchev–Trinajstić information content (AvgIpc) is 2.98. The van der Waals surface area contributed by atoms with Crippen LogP contribution in [0.25, 0.3) is 6.08 Å². The summed E-state index contributed by atoms with van der Waals surface area (Å²) in [5.74, 6) is -2.59. The van der Waals surface area contributed by atoms with E-state index in [2.05, 4.69) is 4.98 Å². The third-order valence-corrected chi connectivity index (χ3v) is 4.14. The number of ether oxygens (including phenoxy) is 1. The van der Waals surface area contributed by atoms with Crippen molar-refractivity contribution in [1.29, 1.82) is 0 Å². The minimum atomic E-state index is -4.98. The van der Waals surface area contributed by atoms with Crippen LogP contribution in [-0.4, -0.2) is 57.2 Å². The molecule has 1 fully saturated rings.